The van der Waals surface area contributed by atoms with Crippen LogP contribution < -0.4 is 4.74 Å². The first-order valence-electron chi connectivity index (χ1n) is 9.05. The Morgan fingerprint density at radius 3 is 2.68 bits per heavy atom. The highest BCUT2D eigenvalue weighted by Gasteiger charge is 2.26. The predicted molar refractivity (Wildman–Crippen MR) is 105 cm³/mol. The minimum Gasteiger partial charge on any atom is -0.467 e. The monoisotopic (exact) mass is 401 g/mol. The summed E-state index contributed by atoms with van der Waals surface area (Å²) in [6.45, 7) is 4.89. The summed E-state index contributed by atoms with van der Waals surface area (Å²) in [4.78, 5) is 23.6. The van der Waals surface area contributed by atoms with Crippen molar-refractivity contribution >= 4 is 27.5 Å². The summed E-state index contributed by atoms with van der Waals surface area (Å²) in [5.74, 6) is -0.0452. The minimum atomic E-state index is -0.296. The van der Waals surface area contributed by atoms with Gasteiger partial charge in [0.15, 0.2) is 6.61 Å². The van der Waals surface area contributed by atoms with Gasteiger partial charge in [-0.1, -0.05) is 12.1 Å². The molecule has 0 bridgehead atoms. The first-order chi connectivity index (χ1) is 13.5. The van der Waals surface area contributed by atoms with E-state index in [1.54, 1.807) is 17.0 Å². The lowest BCUT2D eigenvalue weighted by atomic mass is 10.1. The van der Waals surface area contributed by atoms with Crippen LogP contribution >= 0.6 is 11.3 Å². The van der Waals surface area contributed by atoms with Crippen LogP contribution in [0.1, 0.15) is 13.8 Å². The van der Waals surface area contributed by atoms with Crippen LogP contribution in [0, 0.1) is 5.82 Å². The summed E-state index contributed by atoms with van der Waals surface area (Å²) in [5, 5.41) is 2.67. The third-order valence-corrected chi connectivity index (χ3v) is 5.48. The lowest BCUT2D eigenvalue weighted by Gasteiger charge is -2.35. The Balaban J connectivity index is 1.56. The smallest absolute Gasteiger partial charge is 0.260 e. The highest BCUT2D eigenvalue weighted by molar-refractivity contribution is 7.17. The molecular formula is C20H20FN3O3S. The summed E-state index contributed by atoms with van der Waals surface area (Å²) in [6, 6.07) is 6.23. The van der Waals surface area contributed by atoms with Crippen molar-refractivity contribution < 1.29 is 18.7 Å². The van der Waals surface area contributed by atoms with Gasteiger partial charge in [0.25, 0.3) is 5.91 Å². The van der Waals surface area contributed by atoms with Crippen molar-refractivity contribution in [1.29, 1.82) is 0 Å². The zero-order valence-electron chi connectivity index (χ0n) is 15.6. The van der Waals surface area contributed by atoms with Crippen LogP contribution in [0.3, 0.4) is 0 Å². The number of carbonyl (C=O) groups excluding carboxylic acids is 1. The lowest BCUT2D eigenvalue weighted by molar-refractivity contribution is -0.145. The van der Waals surface area contributed by atoms with Gasteiger partial charge in [-0.15, -0.1) is 11.3 Å². The third kappa shape index (κ3) is 3.83. The quantitative estimate of drug-likeness (QED) is 0.669. The van der Waals surface area contributed by atoms with Gasteiger partial charge in [-0.25, -0.2) is 14.4 Å². The van der Waals surface area contributed by atoms with E-state index in [-0.39, 0.29) is 30.5 Å². The fourth-order valence-corrected chi connectivity index (χ4v) is 4.31. The maximum absolute atomic E-state index is 13.3. The molecule has 1 aliphatic heterocycles. The van der Waals surface area contributed by atoms with E-state index in [2.05, 4.69) is 9.97 Å². The average molecular weight is 401 g/mol. The number of carbonyl (C=O) groups is 1. The van der Waals surface area contributed by atoms with E-state index in [9.17, 15) is 9.18 Å². The maximum Gasteiger partial charge on any atom is 0.260 e. The molecule has 3 aromatic rings. The molecule has 0 N–H and O–H groups in total. The largest absolute Gasteiger partial charge is 0.467 e. The van der Waals surface area contributed by atoms with Crippen LogP contribution in [0.2, 0.25) is 0 Å². The number of rotatable bonds is 4. The number of nitrogens with zero attached hydrogens (tertiary/aromatic N) is 3. The topological polar surface area (TPSA) is 64.6 Å². The number of morpholine rings is 1. The minimum absolute atomic E-state index is 0.000379. The molecule has 0 unspecified atom stereocenters. The van der Waals surface area contributed by atoms with Gasteiger partial charge in [0.2, 0.25) is 5.88 Å². The van der Waals surface area contributed by atoms with Crippen molar-refractivity contribution in [3.63, 3.8) is 0 Å². The lowest BCUT2D eigenvalue weighted by Crippen LogP contribution is -2.49. The van der Waals surface area contributed by atoms with E-state index >= 15 is 0 Å². The second-order valence-electron chi connectivity index (χ2n) is 6.86. The van der Waals surface area contributed by atoms with Crippen LogP contribution in [-0.4, -0.2) is 52.7 Å². The first kappa shape index (κ1) is 18.8. The SMILES string of the molecule is C[C@@H]1CN(C(=O)COc2ncnc3scc(-c4ccc(F)cc4)c23)C[C@@H](C)O1. The Morgan fingerprint density at radius 1 is 1.25 bits per heavy atom. The number of hydrogen-bond acceptors (Lipinski definition) is 6. The van der Waals surface area contributed by atoms with Gasteiger partial charge in [0.1, 0.15) is 17.0 Å². The van der Waals surface area contributed by atoms with E-state index in [1.807, 2.05) is 19.2 Å². The fraction of sp³-hybridized carbons (Fsp3) is 0.350. The average Bonchev–Trinajstić information content (AvgIpc) is 3.10. The van der Waals surface area contributed by atoms with Gasteiger partial charge in [-0.2, -0.15) is 0 Å². The van der Waals surface area contributed by atoms with Crippen molar-refractivity contribution in [3.8, 4) is 17.0 Å². The highest BCUT2D eigenvalue weighted by Crippen LogP contribution is 2.37. The normalized spacial score (nSPS) is 19.8. The number of fused-ring (bicyclic) bond motifs is 1. The molecule has 146 valence electrons. The predicted octanol–water partition coefficient (Wildman–Crippen LogP) is 3.51. The zero-order chi connectivity index (χ0) is 19.7. The molecule has 1 aromatic carbocycles. The Hall–Kier alpha value is -2.58. The van der Waals surface area contributed by atoms with Gasteiger partial charge in [-0.3, -0.25) is 4.79 Å². The molecular weight excluding hydrogens is 381 g/mol. The number of amides is 1. The molecule has 2 atom stereocenters. The van der Waals surface area contributed by atoms with E-state index in [0.29, 0.717) is 19.0 Å². The Labute approximate surface area is 165 Å². The van der Waals surface area contributed by atoms with Crippen molar-refractivity contribution in [2.45, 2.75) is 26.1 Å². The van der Waals surface area contributed by atoms with Crippen molar-refractivity contribution in [2.75, 3.05) is 19.7 Å². The Bertz CT molecular complexity index is 982. The molecule has 1 saturated heterocycles. The van der Waals surface area contributed by atoms with Gasteiger partial charge in [0, 0.05) is 24.0 Å². The van der Waals surface area contributed by atoms with Crippen molar-refractivity contribution in [2.24, 2.45) is 0 Å². The van der Waals surface area contributed by atoms with Crippen LogP contribution in [0.4, 0.5) is 4.39 Å². The Morgan fingerprint density at radius 2 is 1.96 bits per heavy atom. The molecule has 28 heavy (non-hydrogen) atoms. The summed E-state index contributed by atoms with van der Waals surface area (Å²) in [6.07, 6.45) is 1.42. The number of ether oxygens (including phenoxy) is 2. The highest BCUT2D eigenvalue weighted by atomic mass is 32.1. The first-order valence-corrected chi connectivity index (χ1v) is 9.93. The molecule has 1 fully saturated rings. The number of aromatic nitrogens is 2. The zero-order valence-corrected chi connectivity index (χ0v) is 16.4. The summed E-state index contributed by atoms with van der Waals surface area (Å²) in [5.41, 5.74) is 1.70. The summed E-state index contributed by atoms with van der Waals surface area (Å²) >= 11 is 1.45. The molecule has 1 amide bonds. The van der Waals surface area contributed by atoms with Crippen molar-refractivity contribution in [1.82, 2.24) is 14.9 Å². The molecule has 1 aliphatic rings. The summed E-state index contributed by atoms with van der Waals surface area (Å²) in [7, 11) is 0. The van der Waals surface area contributed by atoms with Crippen LogP contribution in [0.25, 0.3) is 21.3 Å². The van der Waals surface area contributed by atoms with E-state index in [0.717, 1.165) is 21.3 Å². The molecule has 3 heterocycles. The number of halogens is 1. The molecule has 0 saturated carbocycles. The van der Waals surface area contributed by atoms with E-state index in [4.69, 9.17) is 9.47 Å². The molecule has 0 radical (unpaired) electrons. The van der Waals surface area contributed by atoms with Gasteiger partial charge < -0.3 is 14.4 Å². The summed E-state index contributed by atoms with van der Waals surface area (Å²) < 4.78 is 24.7. The number of benzene rings is 1. The third-order valence-electron chi connectivity index (χ3n) is 4.60. The standard InChI is InChI=1S/C20H20FN3O3S/c1-12-7-24(8-13(2)27-12)17(25)9-26-19-18-16(10-28-20(18)23-11-22-19)14-3-5-15(21)6-4-14/h3-6,10-13H,7-9H2,1-2H3/t12-,13-/m1/s1. The van der Waals surface area contributed by atoms with Gasteiger partial charge in [-0.05, 0) is 31.5 Å². The molecule has 0 aliphatic carbocycles. The Kier molecular flexibility index (Phi) is 5.23. The van der Waals surface area contributed by atoms with Crippen LogP contribution in [0.5, 0.6) is 5.88 Å². The molecule has 6 nitrogen and oxygen atoms in total. The second-order valence-corrected chi connectivity index (χ2v) is 7.72. The number of thiophene rings is 1. The van der Waals surface area contributed by atoms with Crippen LogP contribution in [0.15, 0.2) is 36.0 Å². The van der Waals surface area contributed by atoms with Gasteiger partial charge >= 0.3 is 0 Å². The molecule has 2 aromatic heterocycles. The molecule has 8 heteroatoms. The molecule has 4 rings (SSSR count). The maximum atomic E-state index is 13.3. The van der Waals surface area contributed by atoms with E-state index < -0.39 is 0 Å². The van der Waals surface area contributed by atoms with Gasteiger partial charge in [0.05, 0.1) is 17.6 Å². The van der Waals surface area contributed by atoms with Crippen LogP contribution in [-0.2, 0) is 9.53 Å². The fourth-order valence-electron chi connectivity index (χ4n) is 3.40. The van der Waals surface area contributed by atoms with E-state index in [1.165, 1.54) is 29.8 Å². The number of hydrogen-bond donors (Lipinski definition) is 0. The van der Waals surface area contributed by atoms with Crippen molar-refractivity contribution in [3.05, 3.63) is 41.8 Å². The molecule has 0 spiro atoms. The second kappa shape index (κ2) is 7.81.